The average Bonchev–Trinajstić information content (AvgIpc) is 2.87. The molecule has 0 radical (unpaired) electrons. The van der Waals surface area contributed by atoms with Crippen molar-refractivity contribution in [3.63, 3.8) is 0 Å². The van der Waals surface area contributed by atoms with Gasteiger partial charge in [-0.15, -0.1) is 0 Å². The van der Waals surface area contributed by atoms with Crippen LogP contribution in [0.4, 0.5) is 10.1 Å². The van der Waals surface area contributed by atoms with Crippen LogP contribution in [-0.2, 0) is 12.8 Å². The van der Waals surface area contributed by atoms with E-state index in [1.165, 1.54) is 18.2 Å². The standard InChI is InChI=1S/C19H17ClFN3O2/c1-12-19(13(2)23-22-12,11-16-17(20)4-3-5-18(16)21)10-14-6-8-15(9-7-14)24(25)26/h3-9H,10-11H2,1-2H3. The van der Waals surface area contributed by atoms with Gasteiger partial charge in [-0.05, 0) is 44.4 Å². The van der Waals surface area contributed by atoms with E-state index in [9.17, 15) is 14.5 Å². The van der Waals surface area contributed by atoms with Crippen LogP contribution in [0.1, 0.15) is 25.0 Å². The smallest absolute Gasteiger partial charge is 0.258 e. The van der Waals surface area contributed by atoms with Gasteiger partial charge < -0.3 is 0 Å². The molecular formula is C19H17ClFN3O2. The molecule has 0 aromatic heterocycles. The van der Waals surface area contributed by atoms with Crippen LogP contribution in [0.3, 0.4) is 0 Å². The lowest BCUT2D eigenvalue weighted by atomic mass is 9.70. The third-order valence-electron chi connectivity index (χ3n) is 4.93. The molecule has 2 aromatic rings. The van der Waals surface area contributed by atoms with Crippen LogP contribution in [0.15, 0.2) is 52.7 Å². The van der Waals surface area contributed by atoms with Crippen LogP contribution in [-0.4, -0.2) is 16.3 Å². The molecule has 2 aromatic carbocycles. The Bertz CT molecular complexity index is 885. The summed E-state index contributed by atoms with van der Waals surface area (Å²) in [6, 6.07) is 11.0. The Labute approximate surface area is 155 Å². The first-order chi connectivity index (χ1) is 12.3. The third kappa shape index (κ3) is 3.24. The number of halogens is 2. The number of nitro benzene ring substituents is 1. The van der Waals surface area contributed by atoms with Crippen molar-refractivity contribution in [1.82, 2.24) is 0 Å². The van der Waals surface area contributed by atoms with Gasteiger partial charge in [0.2, 0.25) is 0 Å². The van der Waals surface area contributed by atoms with Crippen molar-refractivity contribution in [2.75, 3.05) is 0 Å². The van der Waals surface area contributed by atoms with E-state index in [0.29, 0.717) is 23.4 Å². The zero-order chi connectivity index (χ0) is 18.9. The van der Waals surface area contributed by atoms with Gasteiger partial charge >= 0.3 is 0 Å². The second kappa shape index (κ2) is 6.96. The molecule has 0 bridgehead atoms. The number of hydrogen-bond acceptors (Lipinski definition) is 4. The van der Waals surface area contributed by atoms with Crippen LogP contribution >= 0.6 is 11.6 Å². The maximum Gasteiger partial charge on any atom is 0.269 e. The van der Waals surface area contributed by atoms with E-state index in [1.54, 1.807) is 24.3 Å². The molecule has 26 heavy (non-hydrogen) atoms. The monoisotopic (exact) mass is 373 g/mol. The summed E-state index contributed by atoms with van der Waals surface area (Å²) in [7, 11) is 0. The minimum Gasteiger partial charge on any atom is -0.258 e. The predicted octanol–water partition coefficient (Wildman–Crippen LogP) is 5.01. The fourth-order valence-electron chi connectivity index (χ4n) is 3.26. The molecule has 3 rings (SSSR count). The van der Waals surface area contributed by atoms with E-state index < -0.39 is 10.3 Å². The van der Waals surface area contributed by atoms with E-state index >= 15 is 0 Å². The summed E-state index contributed by atoms with van der Waals surface area (Å²) in [5.74, 6) is -0.368. The van der Waals surface area contributed by atoms with Gasteiger partial charge in [-0.25, -0.2) is 4.39 Å². The minimum absolute atomic E-state index is 0.0298. The summed E-state index contributed by atoms with van der Waals surface area (Å²) in [4.78, 5) is 10.4. The molecule has 0 N–H and O–H groups in total. The number of rotatable bonds is 5. The largest absolute Gasteiger partial charge is 0.269 e. The molecule has 1 aliphatic rings. The van der Waals surface area contributed by atoms with Crippen LogP contribution in [0.25, 0.3) is 0 Å². The fraction of sp³-hybridized carbons (Fsp3) is 0.263. The molecule has 0 saturated carbocycles. The molecule has 0 spiro atoms. The Morgan fingerprint density at radius 3 is 2.23 bits per heavy atom. The summed E-state index contributed by atoms with van der Waals surface area (Å²) >= 11 is 6.23. The van der Waals surface area contributed by atoms with Crippen molar-refractivity contribution in [2.24, 2.45) is 15.6 Å². The summed E-state index contributed by atoms with van der Waals surface area (Å²) in [5.41, 5.74) is 2.26. The molecule has 0 amide bonds. The average molecular weight is 374 g/mol. The summed E-state index contributed by atoms with van der Waals surface area (Å²) in [5, 5.41) is 19.6. The van der Waals surface area contributed by atoms with Crippen LogP contribution < -0.4 is 0 Å². The highest BCUT2D eigenvalue weighted by molar-refractivity contribution is 6.31. The van der Waals surface area contributed by atoms with Crippen molar-refractivity contribution >= 4 is 28.7 Å². The molecule has 1 heterocycles. The lowest BCUT2D eigenvalue weighted by molar-refractivity contribution is -0.384. The molecule has 134 valence electrons. The second-order valence-electron chi connectivity index (χ2n) is 6.43. The Morgan fingerprint density at radius 1 is 1.08 bits per heavy atom. The molecule has 5 nitrogen and oxygen atoms in total. The summed E-state index contributed by atoms with van der Waals surface area (Å²) < 4.78 is 14.4. The Kier molecular flexibility index (Phi) is 4.87. The maximum atomic E-state index is 14.4. The highest BCUT2D eigenvalue weighted by Gasteiger charge is 2.41. The fourth-order valence-corrected chi connectivity index (χ4v) is 3.49. The van der Waals surface area contributed by atoms with Crippen molar-refractivity contribution in [1.29, 1.82) is 0 Å². The Hall–Kier alpha value is -2.60. The van der Waals surface area contributed by atoms with E-state index in [-0.39, 0.29) is 11.5 Å². The van der Waals surface area contributed by atoms with E-state index in [1.807, 2.05) is 13.8 Å². The minimum atomic E-state index is -0.609. The van der Waals surface area contributed by atoms with E-state index in [4.69, 9.17) is 11.6 Å². The highest BCUT2D eigenvalue weighted by Crippen LogP contribution is 2.38. The third-order valence-corrected chi connectivity index (χ3v) is 5.28. The quantitative estimate of drug-likeness (QED) is 0.546. The normalized spacial score (nSPS) is 15.5. The van der Waals surface area contributed by atoms with Crippen LogP contribution in [0.5, 0.6) is 0 Å². The van der Waals surface area contributed by atoms with E-state index in [0.717, 1.165) is 17.0 Å². The molecule has 1 aliphatic heterocycles. The molecule has 0 aliphatic carbocycles. The lowest BCUT2D eigenvalue weighted by Gasteiger charge is -2.31. The lowest BCUT2D eigenvalue weighted by Crippen LogP contribution is -2.38. The zero-order valence-corrected chi connectivity index (χ0v) is 15.1. The summed E-state index contributed by atoms with van der Waals surface area (Å²) in [6.45, 7) is 3.72. The second-order valence-corrected chi connectivity index (χ2v) is 6.84. The SMILES string of the molecule is CC1=NN=C(C)C1(Cc1ccc([N+](=O)[O-])cc1)Cc1c(F)cccc1Cl. The van der Waals surface area contributed by atoms with Crippen molar-refractivity contribution < 1.29 is 9.31 Å². The van der Waals surface area contributed by atoms with Gasteiger partial charge in [-0.2, -0.15) is 10.2 Å². The van der Waals surface area contributed by atoms with Gasteiger partial charge in [0.05, 0.1) is 10.3 Å². The number of nitrogens with zero attached hydrogens (tertiary/aromatic N) is 3. The van der Waals surface area contributed by atoms with Crippen molar-refractivity contribution in [2.45, 2.75) is 26.7 Å². The Morgan fingerprint density at radius 2 is 1.69 bits per heavy atom. The van der Waals surface area contributed by atoms with Gasteiger partial charge in [-0.1, -0.05) is 29.8 Å². The molecular weight excluding hydrogens is 357 g/mol. The zero-order valence-electron chi connectivity index (χ0n) is 14.4. The molecule has 0 fully saturated rings. The predicted molar refractivity (Wildman–Crippen MR) is 101 cm³/mol. The number of non-ortho nitro benzene ring substituents is 1. The van der Waals surface area contributed by atoms with Gasteiger partial charge in [-0.3, -0.25) is 10.1 Å². The first-order valence-electron chi connectivity index (χ1n) is 8.09. The topological polar surface area (TPSA) is 67.9 Å². The number of benzene rings is 2. The van der Waals surface area contributed by atoms with Gasteiger partial charge in [0.15, 0.2) is 0 Å². The van der Waals surface area contributed by atoms with Crippen LogP contribution in [0, 0.1) is 21.3 Å². The van der Waals surface area contributed by atoms with Crippen molar-refractivity contribution in [3.05, 3.63) is 74.5 Å². The highest BCUT2D eigenvalue weighted by atomic mass is 35.5. The first-order valence-corrected chi connectivity index (χ1v) is 8.47. The van der Waals surface area contributed by atoms with Gasteiger partial charge in [0.25, 0.3) is 5.69 Å². The molecule has 7 heteroatoms. The van der Waals surface area contributed by atoms with Gasteiger partial charge in [0, 0.05) is 34.1 Å². The van der Waals surface area contributed by atoms with E-state index in [2.05, 4.69) is 10.2 Å². The summed E-state index contributed by atoms with van der Waals surface area (Å²) in [6.07, 6.45) is 0.820. The number of nitro groups is 1. The molecule has 0 unspecified atom stereocenters. The number of hydrogen-bond donors (Lipinski definition) is 0. The Balaban J connectivity index is 2.00. The first kappa shape index (κ1) is 18.2. The van der Waals surface area contributed by atoms with Crippen molar-refractivity contribution in [3.8, 4) is 0 Å². The maximum absolute atomic E-state index is 14.4. The van der Waals surface area contributed by atoms with Crippen LogP contribution in [0.2, 0.25) is 5.02 Å². The molecule has 0 atom stereocenters. The molecule has 0 saturated heterocycles. The van der Waals surface area contributed by atoms with Gasteiger partial charge in [0.1, 0.15) is 5.82 Å².